The molecule has 0 aliphatic carbocycles. The molecule has 0 fully saturated rings. The minimum Gasteiger partial charge on any atom is -0.348 e. The van der Waals surface area contributed by atoms with Crippen LogP contribution in [0.4, 0.5) is 11.6 Å². The van der Waals surface area contributed by atoms with Crippen molar-refractivity contribution in [2.45, 2.75) is 32.2 Å². The van der Waals surface area contributed by atoms with Crippen LogP contribution in [0.3, 0.4) is 0 Å². The summed E-state index contributed by atoms with van der Waals surface area (Å²) in [4.78, 5) is 17.7. The summed E-state index contributed by atoms with van der Waals surface area (Å²) in [6.45, 7) is 4.50. The first kappa shape index (κ1) is 13.3. The molecular weight excluding hydrogens is 222 g/mol. The largest absolute Gasteiger partial charge is 0.348 e. The molecule has 0 unspecified atom stereocenters. The van der Waals surface area contributed by atoms with Crippen LogP contribution in [0.1, 0.15) is 26.7 Å². The third kappa shape index (κ3) is 3.10. The van der Waals surface area contributed by atoms with E-state index < -0.39 is 4.92 Å². The fraction of sp³-hybridized carbons (Fsp3) is 0.600. The summed E-state index contributed by atoms with van der Waals surface area (Å²) in [6, 6.07) is 0. The molecule has 0 saturated heterocycles. The van der Waals surface area contributed by atoms with Crippen LogP contribution in [0.5, 0.6) is 0 Å². The first-order valence-corrected chi connectivity index (χ1v) is 5.51. The second kappa shape index (κ2) is 5.53. The molecule has 0 aliphatic rings. The van der Waals surface area contributed by atoms with Gasteiger partial charge in [-0.25, -0.2) is 9.97 Å². The normalized spacial score (nSPS) is 11.2. The molecular formula is C10H17N5O2. The van der Waals surface area contributed by atoms with Crippen molar-refractivity contribution in [1.82, 2.24) is 9.97 Å². The van der Waals surface area contributed by atoms with Gasteiger partial charge in [0.1, 0.15) is 12.4 Å². The Morgan fingerprint density at radius 3 is 2.29 bits per heavy atom. The van der Waals surface area contributed by atoms with Crippen molar-refractivity contribution in [3.05, 3.63) is 22.5 Å². The van der Waals surface area contributed by atoms with Gasteiger partial charge in [-0.15, -0.1) is 0 Å². The van der Waals surface area contributed by atoms with Gasteiger partial charge in [-0.3, -0.25) is 10.1 Å². The van der Waals surface area contributed by atoms with Crippen molar-refractivity contribution in [3.8, 4) is 0 Å². The maximum atomic E-state index is 10.5. The van der Waals surface area contributed by atoms with E-state index in [1.165, 1.54) is 12.4 Å². The fourth-order valence-electron chi connectivity index (χ4n) is 1.48. The van der Waals surface area contributed by atoms with Gasteiger partial charge in [-0.2, -0.15) is 0 Å². The fourth-order valence-corrected chi connectivity index (χ4v) is 1.48. The smallest absolute Gasteiger partial charge is 0.305 e. The summed E-state index contributed by atoms with van der Waals surface area (Å²) in [5, 5.41) is 13.6. The van der Waals surface area contributed by atoms with Crippen LogP contribution in [0.25, 0.3) is 0 Å². The van der Waals surface area contributed by atoms with Crippen LogP contribution >= 0.6 is 0 Å². The topological polar surface area (TPSA) is 107 Å². The van der Waals surface area contributed by atoms with Crippen LogP contribution in [0.2, 0.25) is 0 Å². The van der Waals surface area contributed by atoms with Crippen molar-refractivity contribution in [2.24, 2.45) is 5.73 Å². The molecule has 0 bridgehead atoms. The number of hydrogen-bond donors (Lipinski definition) is 2. The van der Waals surface area contributed by atoms with Crippen molar-refractivity contribution in [2.75, 3.05) is 11.9 Å². The molecule has 7 nitrogen and oxygen atoms in total. The molecule has 1 rings (SSSR count). The number of nitrogens with zero attached hydrogens (tertiary/aromatic N) is 3. The summed E-state index contributed by atoms with van der Waals surface area (Å²) >= 11 is 0. The zero-order chi connectivity index (χ0) is 12.9. The average molecular weight is 239 g/mol. The minimum atomic E-state index is -0.528. The van der Waals surface area contributed by atoms with Crippen LogP contribution in [-0.4, -0.2) is 27.0 Å². The Bertz CT molecular complexity index is 367. The van der Waals surface area contributed by atoms with Gasteiger partial charge >= 0.3 is 5.69 Å². The summed E-state index contributed by atoms with van der Waals surface area (Å²) in [5.74, 6) is 0.366. The van der Waals surface area contributed by atoms with Crippen molar-refractivity contribution >= 4 is 11.6 Å². The first-order chi connectivity index (χ1) is 8.06. The lowest BCUT2D eigenvalue weighted by Gasteiger charge is -2.31. The zero-order valence-electron chi connectivity index (χ0n) is 10.0. The summed E-state index contributed by atoms with van der Waals surface area (Å²) < 4.78 is 0. The number of anilines is 1. The van der Waals surface area contributed by atoms with Gasteiger partial charge in [-0.05, 0) is 12.8 Å². The summed E-state index contributed by atoms with van der Waals surface area (Å²) in [6.07, 6.45) is 4.03. The van der Waals surface area contributed by atoms with Crippen LogP contribution in [0, 0.1) is 10.1 Å². The second-order valence-electron chi connectivity index (χ2n) is 3.84. The van der Waals surface area contributed by atoms with Gasteiger partial charge in [0.2, 0.25) is 5.95 Å². The molecule has 3 N–H and O–H groups in total. The highest BCUT2D eigenvalue weighted by atomic mass is 16.6. The molecule has 0 atom stereocenters. The predicted octanol–water partition coefficient (Wildman–Crippen LogP) is 1.31. The Kier molecular flexibility index (Phi) is 4.33. The Morgan fingerprint density at radius 2 is 1.94 bits per heavy atom. The van der Waals surface area contributed by atoms with E-state index in [1.54, 1.807) is 0 Å². The van der Waals surface area contributed by atoms with Gasteiger partial charge in [0.25, 0.3) is 0 Å². The van der Waals surface area contributed by atoms with E-state index >= 15 is 0 Å². The molecule has 0 saturated carbocycles. The third-order valence-corrected chi connectivity index (χ3v) is 2.97. The molecule has 0 aliphatic heterocycles. The second-order valence-corrected chi connectivity index (χ2v) is 3.84. The molecule has 1 aromatic rings. The van der Waals surface area contributed by atoms with E-state index in [4.69, 9.17) is 5.73 Å². The van der Waals surface area contributed by atoms with Crippen LogP contribution in [0.15, 0.2) is 12.4 Å². The SMILES string of the molecule is CCC(CC)(CN)Nc1ncc([N+](=O)[O-])cn1. The molecule has 0 amide bonds. The average Bonchev–Trinajstić information content (AvgIpc) is 2.37. The minimum absolute atomic E-state index is 0.123. The summed E-state index contributed by atoms with van der Waals surface area (Å²) in [5.41, 5.74) is 5.35. The lowest BCUT2D eigenvalue weighted by molar-refractivity contribution is -0.385. The van der Waals surface area contributed by atoms with Crippen molar-refractivity contribution < 1.29 is 4.92 Å². The number of aromatic nitrogens is 2. The standard InChI is InChI=1S/C10H17N5O2/c1-3-10(4-2,7-11)14-9-12-5-8(6-13-9)15(16)17/h5-6H,3-4,7,11H2,1-2H3,(H,12,13,14). The van der Waals surface area contributed by atoms with E-state index in [1.807, 2.05) is 13.8 Å². The van der Waals surface area contributed by atoms with Gasteiger partial charge in [0.15, 0.2) is 0 Å². The van der Waals surface area contributed by atoms with Gasteiger partial charge in [0.05, 0.1) is 10.5 Å². The molecule has 1 heterocycles. The quantitative estimate of drug-likeness (QED) is 0.572. The van der Waals surface area contributed by atoms with E-state index in [9.17, 15) is 10.1 Å². The lowest BCUT2D eigenvalue weighted by Crippen LogP contribution is -2.44. The Morgan fingerprint density at radius 1 is 1.41 bits per heavy atom. The first-order valence-electron chi connectivity index (χ1n) is 5.51. The van der Waals surface area contributed by atoms with Crippen LogP contribution in [-0.2, 0) is 0 Å². The van der Waals surface area contributed by atoms with E-state index in [-0.39, 0.29) is 11.2 Å². The predicted molar refractivity (Wildman–Crippen MR) is 64.7 cm³/mol. The molecule has 0 radical (unpaired) electrons. The Hall–Kier alpha value is -1.76. The van der Waals surface area contributed by atoms with E-state index in [0.29, 0.717) is 12.5 Å². The van der Waals surface area contributed by atoms with Gasteiger partial charge in [-0.1, -0.05) is 13.8 Å². The highest BCUT2D eigenvalue weighted by molar-refractivity contribution is 5.33. The maximum Gasteiger partial charge on any atom is 0.305 e. The third-order valence-electron chi connectivity index (χ3n) is 2.97. The molecule has 7 heteroatoms. The number of nitro groups is 1. The maximum absolute atomic E-state index is 10.5. The number of nitrogens with one attached hydrogen (secondary N) is 1. The highest BCUT2D eigenvalue weighted by Crippen LogP contribution is 2.19. The molecule has 0 aromatic carbocycles. The zero-order valence-corrected chi connectivity index (χ0v) is 10.0. The molecule has 94 valence electrons. The summed E-state index contributed by atoms with van der Waals surface area (Å²) in [7, 11) is 0. The monoisotopic (exact) mass is 239 g/mol. The number of hydrogen-bond acceptors (Lipinski definition) is 6. The molecule has 17 heavy (non-hydrogen) atoms. The lowest BCUT2D eigenvalue weighted by atomic mass is 9.93. The van der Waals surface area contributed by atoms with E-state index in [2.05, 4.69) is 15.3 Å². The Labute approximate surface area is 99.6 Å². The number of nitrogens with two attached hydrogens (primary N) is 1. The highest BCUT2D eigenvalue weighted by Gasteiger charge is 2.25. The van der Waals surface area contributed by atoms with Crippen molar-refractivity contribution in [3.63, 3.8) is 0 Å². The van der Waals surface area contributed by atoms with Crippen LogP contribution < -0.4 is 11.1 Å². The Balaban J connectivity index is 2.84. The molecule has 0 spiro atoms. The van der Waals surface area contributed by atoms with Gasteiger partial charge < -0.3 is 11.1 Å². The number of rotatable bonds is 6. The van der Waals surface area contributed by atoms with E-state index in [0.717, 1.165) is 12.8 Å². The molecule has 1 aromatic heterocycles. The van der Waals surface area contributed by atoms with Gasteiger partial charge in [0, 0.05) is 6.54 Å². The van der Waals surface area contributed by atoms with Crippen molar-refractivity contribution in [1.29, 1.82) is 0 Å².